The highest BCUT2D eigenvalue weighted by Gasteiger charge is 2.30. The van der Waals surface area contributed by atoms with E-state index in [1.54, 1.807) is 12.1 Å². The van der Waals surface area contributed by atoms with E-state index in [0.717, 1.165) is 22.8 Å². The Labute approximate surface area is 198 Å². The van der Waals surface area contributed by atoms with Gasteiger partial charge in [0.2, 0.25) is 5.91 Å². The molecule has 3 nitrogen and oxygen atoms in total. The van der Waals surface area contributed by atoms with Gasteiger partial charge in [0, 0.05) is 5.69 Å². The summed E-state index contributed by atoms with van der Waals surface area (Å²) >= 11 is 0. The van der Waals surface area contributed by atoms with Crippen LogP contribution >= 0.6 is 0 Å². The third-order valence-electron chi connectivity index (χ3n) is 5.68. The number of nitrogens with one attached hydrogen (secondary N) is 1. The fraction of sp³-hybridized carbons (Fsp3) is 0.250. The molecule has 0 aliphatic carbocycles. The van der Waals surface area contributed by atoms with Crippen LogP contribution in [0.15, 0.2) is 78.9 Å². The molecule has 0 heterocycles. The third kappa shape index (κ3) is 6.14. The Morgan fingerprint density at radius 2 is 1.76 bits per heavy atom. The van der Waals surface area contributed by atoms with E-state index in [-0.39, 0.29) is 5.91 Å². The normalized spacial score (nSPS) is 12.9. The van der Waals surface area contributed by atoms with Crippen molar-refractivity contribution in [1.29, 1.82) is 0 Å². The minimum Gasteiger partial charge on any atom is -0.330 e. The number of nitrogens with two attached hydrogens (primary N) is 1. The number of halogens is 3. The SMILES string of the molecule is CC/C=C(/c1cccc(C(F)(F)F)c1)c1cc(NC(=O)C(CCN)c2ccccc2)ccc1C. The minimum atomic E-state index is -4.42. The van der Waals surface area contributed by atoms with Crippen LogP contribution in [0.3, 0.4) is 0 Å². The Balaban J connectivity index is 1.96. The van der Waals surface area contributed by atoms with Gasteiger partial charge in [-0.3, -0.25) is 4.79 Å². The molecule has 0 aliphatic rings. The lowest BCUT2D eigenvalue weighted by molar-refractivity contribution is -0.137. The van der Waals surface area contributed by atoms with E-state index in [4.69, 9.17) is 5.73 Å². The predicted molar refractivity (Wildman–Crippen MR) is 131 cm³/mol. The summed E-state index contributed by atoms with van der Waals surface area (Å²) in [6.07, 6.45) is -1.37. The Kier molecular flexibility index (Phi) is 8.29. The molecule has 6 heteroatoms. The maximum absolute atomic E-state index is 13.3. The first-order chi connectivity index (χ1) is 16.2. The standard InChI is InChI=1S/C28H29F3N2O/c1-3-8-24(21-11-7-12-22(17-21)28(29,30)31)26-18-23(14-13-19(26)2)33-27(34)25(15-16-32)20-9-5-4-6-10-20/h4-14,17-18,25H,3,15-16,32H2,1-2H3,(H,33,34)/b24-8-. The van der Waals surface area contributed by atoms with Crippen LogP contribution in [-0.4, -0.2) is 12.5 Å². The van der Waals surface area contributed by atoms with Crippen molar-refractivity contribution in [3.05, 3.63) is 107 Å². The third-order valence-corrected chi connectivity index (χ3v) is 5.68. The lowest BCUT2D eigenvalue weighted by atomic mass is 9.91. The number of anilines is 1. The summed E-state index contributed by atoms with van der Waals surface area (Å²) in [5, 5.41) is 2.98. The second-order valence-electron chi connectivity index (χ2n) is 8.16. The number of carbonyl (C=O) groups excluding carboxylic acids is 1. The van der Waals surface area contributed by atoms with E-state index in [1.165, 1.54) is 12.1 Å². The summed E-state index contributed by atoms with van der Waals surface area (Å²) in [4.78, 5) is 13.1. The molecule has 1 atom stereocenters. The number of allylic oxidation sites excluding steroid dienone is 1. The van der Waals surface area contributed by atoms with E-state index in [0.29, 0.717) is 36.2 Å². The molecule has 0 bridgehead atoms. The van der Waals surface area contributed by atoms with Gasteiger partial charge in [-0.25, -0.2) is 0 Å². The molecule has 0 saturated heterocycles. The van der Waals surface area contributed by atoms with Crippen LogP contribution in [0.4, 0.5) is 18.9 Å². The van der Waals surface area contributed by atoms with Crippen LogP contribution in [0.1, 0.15) is 53.5 Å². The number of rotatable bonds is 8. The van der Waals surface area contributed by atoms with Gasteiger partial charge in [0.15, 0.2) is 0 Å². The second-order valence-corrected chi connectivity index (χ2v) is 8.16. The fourth-order valence-electron chi connectivity index (χ4n) is 3.97. The van der Waals surface area contributed by atoms with Crippen LogP contribution < -0.4 is 11.1 Å². The zero-order valence-electron chi connectivity index (χ0n) is 19.3. The lowest BCUT2D eigenvalue weighted by Crippen LogP contribution is -2.23. The largest absolute Gasteiger partial charge is 0.416 e. The van der Waals surface area contributed by atoms with Gasteiger partial charge in [-0.15, -0.1) is 0 Å². The lowest BCUT2D eigenvalue weighted by Gasteiger charge is -2.18. The Bertz CT molecular complexity index is 1150. The number of hydrogen-bond acceptors (Lipinski definition) is 2. The van der Waals surface area contributed by atoms with Crippen molar-refractivity contribution in [2.24, 2.45) is 5.73 Å². The quantitative estimate of drug-likeness (QED) is 0.378. The van der Waals surface area contributed by atoms with Gasteiger partial charge in [0.05, 0.1) is 11.5 Å². The maximum atomic E-state index is 13.3. The molecule has 0 radical (unpaired) electrons. The molecule has 0 aromatic heterocycles. The van der Waals surface area contributed by atoms with Crippen molar-refractivity contribution in [1.82, 2.24) is 0 Å². The smallest absolute Gasteiger partial charge is 0.330 e. The average molecular weight is 467 g/mol. The summed E-state index contributed by atoms with van der Waals surface area (Å²) in [6.45, 7) is 4.20. The Morgan fingerprint density at radius 3 is 2.41 bits per heavy atom. The van der Waals surface area contributed by atoms with E-state index in [2.05, 4.69) is 5.32 Å². The molecule has 3 aromatic rings. The number of amides is 1. The number of alkyl halides is 3. The zero-order valence-corrected chi connectivity index (χ0v) is 19.3. The highest BCUT2D eigenvalue weighted by molar-refractivity contribution is 5.96. The van der Waals surface area contributed by atoms with Crippen LogP contribution in [0.5, 0.6) is 0 Å². The molecule has 0 fully saturated rings. The first-order valence-electron chi connectivity index (χ1n) is 11.3. The molecule has 3 aromatic carbocycles. The molecular formula is C28H29F3N2O. The van der Waals surface area contributed by atoms with Gasteiger partial charge in [-0.2, -0.15) is 13.2 Å². The van der Waals surface area contributed by atoms with Gasteiger partial charge >= 0.3 is 6.18 Å². The summed E-state index contributed by atoms with van der Waals surface area (Å²) in [5.74, 6) is -0.573. The molecule has 3 N–H and O–H groups in total. The van der Waals surface area contributed by atoms with Crippen molar-refractivity contribution in [3.63, 3.8) is 0 Å². The average Bonchev–Trinajstić information content (AvgIpc) is 2.82. The number of carbonyl (C=O) groups is 1. The van der Waals surface area contributed by atoms with E-state index in [1.807, 2.05) is 62.4 Å². The Hall–Kier alpha value is -3.38. The number of benzene rings is 3. The zero-order chi connectivity index (χ0) is 24.7. The molecule has 0 spiro atoms. The van der Waals surface area contributed by atoms with E-state index < -0.39 is 17.7 Å². The van der Waals surface area contributed by atoms with Crippen molar-refractivity contribution < 1.29 is 18.0 Å². The van der Waals surface area contributed by atoms with Crippen LogP contribution in [-0.2, 0) is 11.0 Å². The van der Waals surface area contributed by atoms with E-state index in [9.17, 15) is 18.0 Å². The van der Waals surface area contributed by atoms with Gasteiger partial charge in [0.25, 0.3) is 0 Å². The highest BCUT2D eigenvalue weighted by atomic mass is 19.4. The van der Waals surface area contributed by atoms with Crippen molar-refractivity contribution >= 4 is 17.2 Å². The van der Waals surface area contributed by atoms with Gasteiger partial charge < -0.3 is 11.1 Å². The first-order valence-corrected chi connectivity index (χ1v) is 11.3. The second kappa shape index (κ2) is 11.2. The number of aryl methyl sites for hydroxylation is 1. The minimum absolute atomic E-state index is 0.174. The molecule has 34 heavy (non-hydrogen) atoms. The van der Waals surface area contributed by atoms with Crippen molar-refractivity contribution in [3.8, 4) is 0 Å². The van der Waals surface area contributed by atoms with Crippen LogP contribution in [0.2, 0.25) is 0 Å². The molecule has 1 amide bonds. The van der Waals surface area contributed by atoms with E-state index >= 15 is 0 Å². The van der Waals surface area contributed by atoms with Crippen molar-refractivity contribution in [2.45, 2.75) is 38.8 Å². The fourth-order valence-corrected chi connectivity index (χ4v) is 3.97. The number of hydrogen-bond donors (Lipinski definition) is 2. The van der Waals surface area contributed by atoms with Crippen LogP contribution in [0.25, 0.3) is 5.57 Å². The summed E-state index contributed by atoms with van der Waals surface area (Å²) in [5.41, 5.74) is 9.38. The Morgan fingerprint density at radius 1 is 1.03 bits per heavy atom. The van der Waals surface area contributed by atoms with Gasteiger partial charge in [-0.05, 0) is 78.4 Å². The summed E-state index contributed by atoms with van der Waals surface area (Å²) < 4.78 is 39.9. The van der Waals surface area contributed by atoms with Gasteiger partial charge in [-0.1, -0.05) is 61.5 Å². The summed E-state index contributed by atoms with van der Waals surface area (Å²) in [6, 6.07) is 20.3. The first kappa shape index (κ1) is 25.2. The van der Waals surface area contributed by atoms with Crippen molar-refractivity contribution in [2.75, 3.05) is 11.9 Å². The topological polar surface area (TPSA) is 55.1 Å². The molecule has 0 saturated carbocycles. The van der Waals surface area contributed by atoms with Crippen LogP contribution in [0, 0.1) is 6.92 Å². The highest BCUT2D eigenvalue weighted by Crippen LogP contribution is 2.34. The van der Waals surface area contributed by atoms with Gasteiger partial charge in [0.1, 0.15) is 0 Å². The monoisotopic (exact) mass is 466 g/mol. The summed E-state index contributed by atoms with van der Waals surface area (Å²) in [7, 11) is 0. The predicted octanol–water partition coefficient (Wildman–Crippen LogP) is 6.93. The molecule has 3 rings (SSSR count). The molecule has 1 unspecified atom stereocenters. The maximum Gasteiger partial charge on any atom is 0.416 e. The molecular weight excluding hydrogens is 437 g/mol. The molecule has 178 valence electrons. The molecule has 0 aliphatic heterocycles.